The largest absolute Gasteiger partial charge is 0.353 e. The lowest BCUT2D eigenvalue weighted by Gasteiger charge is -2.13. The molecule has 0 radical (unpaired) electrons. The van der Waals surface area contributed by atoms with Gasteiger partial charge in [-0.3, -0.25) is 4.68 Å². The Morgan fingerprint density at radius 2 is 2.54 bits per heavy atom. The number of nitrogens with two attached hydrogens (primary N) is 1. The molecular weight excluding hydrogens is 166 g/mol. The molecule has 2 rings (SSSR count). The van der Waals surface area contributed by atoms with E-state index in [4.69, 9.17) is 5.73 Å². The van der Waals surface area contributed by atoms with Crippen LogP contribution >= 0.6 is 0 Å². The molecule has 1 unspecified atom stereocenters. The number of nitrogens with zero attached hydrogens (tertiary/aromatic N) is 4. The van der Waals surface area contributed by atoms with Gasteiger partial charge in [0.2, 0.25) is 0 Å². The molecule has 5 nitrogen and oxygen atoms in total. The van der Waals surface area contributed by atoms with Crippen molar-refractivity contribution >= 4 is 5.82 Å². The van der Waals surface area contributed by atoms with Gasteiger partial charge in [0.15, 0.2) is 5.82 Å². The molecule has 1 aromatic rings. The molecule has 0 saturated carbocycles. The Hall–Kier alpha value is -1.10. The molecule has 2 heterocycles. The summed E-state index contributed by atoms with van der Waals surface area (Å²) in [5.41, 5.74) is 5.61. The molecule has 1 aliphatic heterocycles. The summed E-state index contributed by atoms with van der Waals surface area (Å²) in [5, 5.41) is 7.97. The van der Waals surface area contributed by atoms with Crippen LogP contribution in [0.3, 0.4) is 0 Å². The van der Waals surface area contributed by atoms with Gasteiger partial charge in [-0.25, -0.2) is 0 Å². The van der Waals surface area contributed by atoms with Crippen LogP contribution in [0.1, 0.15) is 6.42 Å². The zero-order valence-corrected chi connectivity index (χ0v) is 7.85. The topological polar surface area (TPSA) is 60.0 Å². The van der Waals surface area contributed by atoms with Gasteiger partial charge in [-0.2, -0.15) is 0 Å². The van der Waals surface area contributed by atoms with E-state index in [0.717, 1.165) is 25.5 Å². The maximum Gasteiger partial charge on any atom is 0.171 e. The van der Waals surface area contributed by atoms with Gasteiger partial charge < -0.3 is 10.6 Å². The van der Waals surface area contributed by atoms with E-state index in [9.17, 15) is 0 Å². The van der Waals surface area contributed by atoms with E-state index < -0.39 is 0 Å². The third-order valence-electron chi connectivity index (χ3n) is 2.53. The van der Waals surface area contributed by atoms with Gasteiger partial charge in [-0.1, -0.05) is 5.21 Å². The Morgan fingerprint density at radius 3 is 3.08 bits per heavy atom. The molecule has 1 atom stereocenters. The summed E-state index contributed by atoms with van der Waals surface area (Å²) in [4.78, 5) is 2.24. The van der Waals surface area contributed by atoms with Gasteiger partial charge in [0, 0.05) is 20.1 Å². The lowest BCUT2D eigenvalue weighted by atomic mass is 10.1. The van der Waals surface area contributed by atoms with Crippen LogP contribution in [0.5, 0.6) is 0 Å². The zero-order chi connectivity index (χ0) is 9.26. The van der Waals surface area contributed by atoms with E-state index >= 15 is 0 Å². The van der Waals surface area contributed by atoms with Gasteiger partial charge in [0.25, 0.3) is 0 Å². The molecule has 0 amide bonds. The van der Waals surface area contributed by atoms with Crippen LogP contribution in [0.25, 0.3) is 0 Å². The van der Waals surface area contributed by atoms with Gasteiger partial charge >= 0.3 is 0 Å². The van der Waals surface area contributed by atoms with Gasteiger partial charge in [0.1, 0.15) is 0 Å². The fourth-order valence-electron chi connectivity index (χ4n) is 1.71. The zero-order valence-electron chi connectivity index (χ0n) is 7.85. The number of anilines is 1. The Bertz CT molecular complexity index is 282. The predicted molar refractivity (Wildman–Crippen MR) is 50.4 cm³/mol. The standard InChI is InChI=1S/C8H15N5/c1-12-6-8(10-11-12)13-3-2-7(4-9)5-13/h6-7H,2-5,9H2,1H3. The average Bonchev–Trinajstić information content (AvgIpc) is 2.71. The highest BCUT2D eigenvalue weighted by molar-refractivity contribution is 5.35. The summed E-state index contributed by atoms with van der Waals surface area (Å²) in [6.07, 6.45) is 3.12. The van der Waals surface area contributed by atoms with E-state index in [1.807, 2.05) is 13.2 Å². The summed E-state index contributed by atoms with van der Waals surface area (Å²) < 4.78 is 1.73. The first kappa shape index (κ1) is 8.50. The molecule has 0 aromatic carbocycles. The molecule has 1 aliphatic rings. The Morgan fingerprint density at radius 1 is 1.69 bits per heavy atom. The monoisotopic (exact) mass is 181 g/mol. The quantitative estimate of drug-likeness (QED) is 0.674. The maximum atomic E-state index is 5.61. The highest BCUT2D eigenvalue weighted by atomic mass is 15.5. The first-order chi connectivity index (χ1) is 6.29. The van der Waals surface area contributed by atoms with Crippen molar-refractivity contribution in [2.45, 2.75) is 6.42 Å². The summed E-state index contributed by atoms with van der Waals surface area (Å²) in [5.74, 6) is 1.60. The van der Waals surface area contributed by atoms with Crippen LogP contribution in [-0.2, 0) is 7.05 Å². The molecule has 0 aliphatic carbocycles. The van der Waals surface area contributed by atoms with E-state index in [-0.39, 0.29) is 0 Å². The predicted octanol–water partition coefficient (Wildman–Crippen LogP) is -0.400. The van der Waals surface area contributed by atoms with Crippen molar-refractivity contribution < 1.29 is 0 Å². The SMILES string of the molecule is Cn1cc(N2CCC(CN)C2)nn1. The van der Waals surface area contributed by atoms with E-state index in [1.54, 1.807) is 4.68 Å². The van der Waals surface area contributed by atoms with Crippen molar-refractivity contribution in [1.29, 1.82) is 0 Å². The smallest absolute Gasteiger partial charge is 0.171 e. The average molecular weight is 181 g/mol. The van der Waals surface area contributed by atoms with Crippen molar-refractivity contribution in [2.24, 2.45) is 18.7 Å². The van der Waals surface area contributed by atoms with Gasteiger partial charge in [-0.05, 0) is 18.9 Å². The van der Waals surface area contributed by atoms with E-state index in [1.165, 1.54) is 6.42 Å². The number of hydrogen-bond acceptors (Lipinski definition) is 4. The van der Waals surface area contributed by atoms with Gasteiger partial charge in [-0.15, -0.1) is 5.10 Å². The number of aromatic nitrogens is 3. The molecule has 5 heteroatoms. The summed E-state index contributed by atoms with van der Waals surface area (Å²) >= 11 is 0. The fraction of sp³-hybridized carbons (Fsp3) is 0.750. The van der Waals surface area contributed by atoms with E-state index in [2.05, 4.69) is 15.2 Å². The molecule has 0 spiro atoms. The second kappa shape index (κ2) is 3.33. The molecule has 0 bridgehead atoms. The number of aryl methyl sites for hydroxylation is 1. The molecule has 2 N–H and O–H groups in total. The lowest BCUT2D eigenvalue weighted by Crippen LogP contribution is -2.22. The van der Waals surface area contributed by atoms with E-state index in [0.29, 0.717) is 5.92 Å². The molecule has 13 heavy (non-hydrogen) atoms. The molecule has 1 aromatic heterocycles. The number of rotatable bonds is 2. The summed E-state index contributed by atoms with van der Waals surface area (Å²) in [7, 11) is 1.88. The minimum atomic E-state index is 0.627. The van der Waals surface area contributed by atoms with Crippen molar-refractivity contribution in [3.8, 4) is 0 Å². The fourth-order valence-corrected chi connectivity index (χ4v) is 1.71. The third-order valence-corrected chi connectivity index (χ3v) is 2.53. The highest BCUT2D eigenvalue weighted by Gasteiger charge is 2.22. The minimum Gasteiger partial charge on any atom is -0.353 e. The molecular formula is C8H15N5. The molecule has 72 valence electrons. The van der Waals surface area contributed by atoms with Crippen LogP contribution in [-0.4, -0.2) is 34.6 Å². The summed E-state index contributed by atoms with van der Waals surface area (Å²) in [6, 6.07) is 0. The summed E-state index contributed by atoms with van der Waals surface area (Å²) in [6.45, 7) is 2.85. The second-order valence-electron chi connectivity index (χ2n) is 3.59. The Kier molecular flexibility index (Phi) is 2.18. The lowest BCUT2D eigenvalue weighted by molar-refractivity contribution is 0.602. The van der Waals surface area contributed by atoms with Crippen molar-refractivity contribution in [2.75, 3.05) is 24.5 Å². The Balaban J connectivity index is 2.03. The van der Waals surface area contributed by atoms with Gasteiger partial charge in [0.05, 0.1) is 6.20 Å². The number of hydrogen-bond donors (Lipinski definition) is 1. The third kappa shape index (κ3) is 1.65. The first-order valence-electron chi connectivity index (χ1n) is 4.61. The Labute approximate surface area is 77.5 Å². The van der Waals surface area contributed by atoms with Crippen molar-refractivity contribution in [3.05, 3.63) is 6.20 Å². The normalized spacial score (nSPS) is 22.6. The highest BCUT2D eigenvalue weighted by Crippen LogP contribution is 2.20. The van der Waals surface area contributed by atoms with Crippen molar-refractivity contribution in [3.63, 3.8) is 0 Å². The maximum absolute atomic E-state index is 5.61. The van der Waals surface area contributed by atoms with Crippen LogP contribution in [0.15, 0.2) is 6.20 Å². The second-order valence-corrected chi connectivity index (χ2v) is 3.59. The van der Waals surface area contributed by atoms with Crippen LogP contribution in [0.4, 0.5) is 5.82 Å². The van der Waals surface area contributed by atoms with Crippen LogP contribution in [0, 0.1) is 5.92 Å². The van der Waals surface area contributed by atoms with Crippen molar-refractivity contribution in [1.82, 2.24) is 15.0 Å². The molecule has 1 saturated heterocycles. The molecule has 1 fully saturated rings. The minimum absolute atomic E-state index is 0.627. The van der Waals surface area contributed by atoms with Crippen LogP contribution in [0.2, 0.25) is 0 Å². The first-order valence-corrected chi connectivity index (χ1v) is 4.61. The van der Waals surface area contributed by atoms with Crippen LogP contribution < -0.4 is 10.6 Å².